The topological polar surface area (TPSA) is 111 Å². The van der Waals surface area contributed by atoms with Crippen LogP contribution in [0.3, 0.4) is 0 Å². The summed E-state index contributed by atoms with van der Waals surface area (Å²) in [5, 5.41) is 4.85. The summed E-state index contributed by atoms with van der Waals surface area (Å²) in [5.41, 5.74) is 0.873. The van der Waals surface area contributed by atoms with Gasteiger partial charge in [-0.2, -0.15) is 0 Å². The number of Topliss-reactive ketones (excluding diaryl/α,β-unsaturated/α-hetero) is 1. The third-order valence-corrected chi connectivity index (χ3v) is 5.89. The number of fused-ring (bicyclic) bond motifs is 1. The molecular formula is C29H36N2O6. The van der Waals surface area contributed by atoms with Gasteiger partial charge in [0, 0.05) is 12.1 Å². The average Bonchev–Trinajstić information content (AvgIpc) is 2.83. The van der Waals surface area contributed by atoms with Crippen LogP contribution in [0.1, 0.15) is 92.0 Å². The molecule has 1 aliphatic rings. The van der Waals surface area contributed by atoms with Crippen LogP contribution in [0.25, 0.3) is 0 Å². The Kier molecular flexibility index (Phi) is 9.83. The number of rotatable bonds is 12. The minimum absolute atomic E-state index is 0.0559. The zero-order valence-electron chi connectivity index (χ0n) is 21.9. The fourth-order valence-electron chi connectivity index (χ4n) is 4.08. The molecule has 198 valence electrons. The lowest BCUT2D eigenvalue weighted by Gasteiger charge is -2.19. The predicted octanol–water partition coefficient (Wildman–Crippen LogP) is 5.73. The second kappa shape index (κ2) is 13.0. The van der Waals surface area contributed by atoms with Crippen LogP contribution >= 0.6 is 0 Å². The molecule has 0 spiro atoms. The Morgan fingerprint density at radius 1 is 0.838 bits per heavy atom. The zero-order valence-corrected chi connectivity index (χ0v) is 21.9. The summed E-state index contributed by atoms with van der Waals surface area (Å²) in [4.78, 5) is 47.5. The minimum atomic E-state index is -0.924. The molecule has 0 fully saturated rings. The van der Waals surface area contributed by atoms with Gasteiger partial charge in [-0.05, 0) is 69.9 Å². The summed E-state index contributed by atoms with van der Waals surface area (Å²) in [7, 11) is 0. The Hall–Kier alpha value is -3.68. The first-order chi connectivity index (χ1) is 17.6. The lowest BCUT2D eigenvalue weighted by Crippen LogP contribution is -2.42. The molecular weight excluding hydrogens is 472 g/mol. The van der Waals surface area contributed by atoms with Crippen molar-refractivity contribution in [2.45, 2.75) is 77.7 Å². The van der Waals surface area contributed by atoms with Crippen LogP contribution in [0.4, 0.5) is 4.79 Å². The monoisotopic (exact) mass is 508 g/mol. The highest BCUT2D eigenvalue weighted by molar-refractivity contribution is 6.49. The summed E-state index contributed by atoms with van der Waals surface area (Å²) in [6, 6.07) is 12.3. The van der Waals surface area contributed by atoms with E-state index in [0.717, 1.165) is 38.5 Å². The summed E-state index contributed by atoms with van der Waals surface area (Å²) in [6.45, 7) is 6.21. The van der Waals surface area contributed by atoms with E-state index in [2.05, 4.69) is 10.6 Å². The number of carbonyl (C=O) groups is 4. The number of imide groups is 1. The number of benzene rings is 2. The van der Waals surface area contributed by atoms with Crippen LogP contribution in [0.2, 0.25) is 0 Å². The Morgan fingerprint density at radius 2 is 1.49 bits per heavy atom. The van der Waals surface area contributed by atoms with E-state index < -0.39 is 23.2 Å². The highest BCUT2D eigenvalue weighted by Gasteiger charge is 2.33. The van der Waals surface area contributed by atoms with Gasteiger partial charge in [0.1, 0.15) is 17.1 Å². The molecule has 1 aliphatic heterocycles. The normalized spacial score (nSPS) is 13.1. The number of hydrogen-bond acceptors (Lipinski definition) is 6. The highest BCUT2D eigenvalue weighted by atomic mass is 16.6. The van der Waals surface area contributed by atoms with Gasteiger partial charge in [0.2, 0.25) is 0 Å². The van der Waals surface area contributed by atoms with Crippen molar-refractivity contribution in [3.8, 4) is 11.5 Å². The molecule has 0 radical (unpaired) electrons. The molecule has 0 aliphatic carbocycles. The molecule has 8 nitrogen and oxygen atoms in total. The number of ketones is 1. The first kappa shape index (κ1) is 27.9. The van der Waals surface area contributed by atoms with Crippen LogP contribution in [0, 0.1) is 0 Å². The van der Waals surface area contributed by atoms with E-state index in [1.807, 2.05) is 45.0 Å². The third kappa shape index (κ3) is 8.74. The number of unbranched alkanes of at least 4 members (excludes halogenated alkanes) is 6. The number of aryl methyl sites for hydroxylation is 1. The maximum Gasteiger partial charge on any atom is 0.407 e. The van der Waals surface area contributed by atoms with E-state index in [0.29, 0.717) is 12.3 Å². The highest BCUT2D eigenvalue weighted by Crippen LogP contribution is 2.30. The molecule has 2 aromatic rings. The molecule has 0 atom stereocenters. The number of carbonyl (C=O) groups excluding carboxylic acids is 4. The van der Waals surface area contributed by atoms with Gasteiger partial charge < -0.3 is 14.8 Å². The van der Waals surface area contributed by atoms with Gasteiger partial charge in [0.25, 0.3) is 17.6 Å². The maximum absolute atomic E-state index is 12.2. The standard InChI is InChI=1S/C29H36N2O6/c1-29(2,3)37-28(35)30-19-10-8-6-4-5-7-9-12-20-15-17-21(18-16-20)36-23-14-11-13-22-24(23)26(33)31-27(34)25(22)32/h11,13-18H,4-10,12,19H2,1-3H3,(H,30,35)(H,31,33,34). The molecule has 2 aromatic carbocycles. The number of nitrogens with one attached hydrogen (secondary N) is 2. The van der Waals surface area contributed by atoms with Crippen LogP contribution < -0.4 is 15.4 Å². The van der Waals surface area contributed by atoms with Crippen LogP contribution in [-0.2, 0) is 16.0 Å². The first-order valence-electron chi connectivity index (χ1n) is 12.9. The molecule has 37 heavy (non-hydrogen) atoms. The summed E-state index contributed by atoms with van der Waals surface area (Å²) >= 11 is 0. The van der Waals surface area contributed by atoms with Crippen molar-refractivity contribution in [3.05, 3.63) is 59.2 Å². The molecule has 3 rings (SSSR count). The van der Waals surface area contributed by atoms with Gasteiger partial charge in [-0.3, -0.25) is 19.7 Å². The number of amides is 3. The van der Waals surface area contributed by atoms with Crippen molar-refractivity contribution in [1.29, 1.82) is 0 Å². The van der Waals surface area contributed by atoms with E-state index in [9.17, 15) is 19.2 Å². The maximum atomic E-state index is 12.2. The summed E-state index contributed by atoms with van der Waals surface area (Å²) < 4.78 is 11.1. The van der Waals surface area contributed by atoms with E-state index in [1.54, 1.807) is 12.1 Å². The van der Waals surface area contributed by atoms with Crippen molar-refractivity contribution in [3.63, 3.8) is 0 Å². The average molecular weight is 509 g/mol. The first-order valence-corrected chi connectivity index (χ1v) is 12.9. The quantitative estimate of drug-likeness (QED) is 0.215. The molecule has 0 unspecified atom stereocenters. The van der Waals surface area contributed by atoms with Gasteiger partial charge in [0.05, 0.1) is 5.56 Å². The van der Waals surface area contributed by atoms with Crippen LogP contribution in [-0.4, -0.2) is 35.8 Å². The van der Waals surface area contributed by atoms with Crippen molar-refractivity contribution in [2.24, 2.45) is 0 Å². The van der Waals surface area contributed by atoms with E-state index in [1.165, 1.54) is 24.5 Å². The molecule has 2 N–H and O–H groups in total. The Morgan fingerprint density at radius 3 is 2.16 bits per heavy atom. The largest absolute Gasteiger partial charge is 0.457 e. The zero-order chi connectivity index (χ0) is 26.8. The van der Waals surface area contributed by atoms with Crippen molar-refractivity contribution in [1.82, 2.24) is 10.6 Å². The van der Waals surface area contributed by atoms with Crippen LogP contribution in [0.15, 0.2) is 42.5 Å². The summed E-state index contributed by atoms with van der Waals surface area (Å²) in [6.07, 6.45) is 8.45. The molecule has 0 saturated carbocycles. The lowest BCUT2D eigenvalue weighted by molar-refractivity contribution is -0.116. The fraction of sp³-hybridized carbons (Fsp3) is 0.448. The molecule has 0 aromatic heterocycles. The Labute approximate surface area is 218 Å². The van der Waals surface area contributed by atoms with Gasteiger partial charge in [0.15, 0.2) is 0 Å². The smallest absolute Gasteiger partial charge is 0.407 e. The van der Waals surface area contributed by atoms with Crippen molar-refractivity contribution in [2.75, 3.05) is 6.54 Å². The van der Waals surface area contributed by atoms with Crippen molar-refractivity contribution >= 4 is 23.7 Å². The van der Waals surface area contributed by atoms with Gasteiger partial charge in [-0.15, -0.1) is 0 Å². The molecule has 0 saturated heterocycles. The second-order valence-electron chi connectivity index (χ2n) is 10.2. The van der Waals surface area contributed by atoms with Gasteiger partial charge in [-0.1, -0.05) is 50.3 Å². The van der Waals surface area contributed by atoms with Crippen molar-refractivity contribution < 1.29 is 28.7 Å². The minimum Gasteiger partial charge on any atom is -0.457 e. The summed E-state index contributed by atoms with van der Waals surface area (Å²) in [5.74, 6) is -1.51. The Bertz CT molecular complexity index is 1120. The number of ether oxygens (including phenoxy) is 2. The van der Waals surface area contributed by atoms with E-state index >= 15 is 0 Å². The third-order valence-electron chi connectivity index (χ3n) is 5.89. The predicted molar refractivity (Wildman–Crippen MR) is 140 cm³/mol. The van der Waals surface area contributed by atoms with Crippen LogP contribution in [0.5, 0.6) is 11.5 Å². The molecule has 3 amide bonds. The van der Waals surface area contributed by atoms with Gasteiger partial charge >= 0.3 is 6.09 Å². The second-order valence-corrected chi connectivity index (χ2v) is 10.2. The number of hydrogen-bond donors (Lipinski definition) is 2. The van der Waals surface area contributed by atoms with Gasteiger partial charge in [-0.25, -0.2) is 4.79 Å². The molecule has 0 bridgehead atoms. The SMILES string of the molecule is CC(C)(C)OC(=O)NCCCCCCCCCc1ccc(Oc2cccc3c2C(=O)NC(=O)C3=O)cc1. The van der Waals surface area contributed by atoms with E-state index in [4.69, 9.17) is 9.47 Å². The molecule has 1 heterocycles. The lowest BCUT2D eigenvalue weighted by atomic mass is 9.98. The van der Waals surface area contributed by atoms with E-state index in [-0.39, 0.29) is 23.0 Å². The fourth-order valence-corrected chi connectivity index (χ4v) is 4.08. The number of alkyl carbamates (subject to hydrolysis) is 1. The Balaban J connectivity index is 1.32. The molecule has 8 heteroatoms.